The summed E-state index contributed by atoms with van der Waals surface area (Å²) in [7, 11) is 0. The molecule has 2 aromatic rings. The fourth-order valence-electron chi connectivity index (χ4n) is 1.94. The van der Waals surface area contributed by atoms with Gasteiger partial charge in [-0.25, -0.2) is 4.98 Å². The van der Waals surface area contributed by atoms with Crippen LogP contribution in [-0.2, 0) is 0 Å². The first-order valence-corrected chi connectivity index (χ1v) is 8.49. The van der Waals surface area contributed by atoms with E-state index in [4.69, 9.17) is 0 Å². The van der Waals surface area contributed by atoms with Crippen LogP contribution in [0.15, 0.2) is 40.9 Å². The number of nitrogens with zero attached hydrogens (tertiary/aromatic N) is 1. The molecule has 2 N–H and O–H groups in total. The Kier molecular flexibility index (Phi) is 6.09. The first-order chi connectivity index (χ1) is 11.4. The average molecular weight is 390 g/mol. The van der Waals surface area contributed by atoms with E-state index in [-0.39, 0.29) is 23.2 Å². The zero-order valence-corrected chi connectivity index (χ0v) is 15.5. The van der Waals surface area contributed by atoms with E-state index < -0.39 is 0 Å². The smallest absolute Gasteiger partial charge is 0.274 e. The van der Waals surface area contributed by atoms with Crippen LogP contribution >= 0.6 is 15.9 Å². The molecular weight excluding hydrogens is 370 g/mol. The molecule has 0 aliphatic heterocycles. The Labute approximate surface area is 150 Å². The molecule has 0 atom stereocenters. The molecule has 126 valence electrons. The maximum Gasteiger partial charge on any atom is 0.274 e. The monoisotopic (exact) mass is 389 g/mol. The predicted molar refractivity (Wildman–Crippen MR) is 98.2 cm³/mol. The van der Waals surface area contributed by atoms with Crippen molar-refractivity contribution >= 4 is 33.4 Å². The van der Waals surface area contributed by atoms with Crippen LogP contribution in [0, 0.1) is 12.8 Å². The highest BCUT2D eigenvalue weighted by Gasteiger charge is 2.13. The Bertz CT molecular complexity index is 760. The van der Waals surface area contributed by atoms with E-state index in [9.17, 15) is 9.59 Å². The average Bonchev–Trinajstić information content (AvgIpc) is 2.56. The molecule has 0 aliphatic rings. The predicted octanol–water partition coefficient (Wildman–Crippen LogP) is 3.79. The molecule has 0 bridgehead atoms. The Morgan fingerprint density at radius 1 is 1.12 bits per heavy atom. The van der Waals surface area contributed by atoms with Crippen molar-refractivity contribution in [2.24, 2.45) is 5.92 Å². The van der Waals surface area contributed by atoms with Crippen LogP contribution < -0.4 is 10.6 Å². The Balaban J connectivity index is 2.11. The molecule has 2 rings (SSSR count). The molecular formula is C18H20BrN3O2. The molecule has 0 saturated heterocycles. The van der Waals surface area contributed by atoms with Crippen molar-refractivity contribution in [1.82, 2.24) is 10.3 Å². The van der Waals surface area contributed by atoms with Crippen LogP contribution in [0.2, 0.25) is 0 Å². The lowest BCUT2D eigenvalue weighted by atomic mass is 10.2. The van der Waals surface area contributed by atoms with Gasteiger partial charge in [-0.3, -0.25) is 9.59 Å². The van der Waals surface area contributed by atoms with E-state index in [0.29, 0.717) is 18.2 Å². The Hall–Kier alpha value is -2.21. The summed E-state index contributed by atoms with van der Waals surface area (Å²) in [6.07, 6.45) is 0. The second-order valence-electron chi connectivity index (χ2n) is 5.93. The number of hydrogen-bond donors (Lipinski definition) is 2. The highest BCUT2D eigenvalue weighted by atomic mass is 79.9. The van der Waals surface area contributed by atoms with Crippen LogP contribution in [0.25, 0.3) is 0 Å². The number of benzene rings is 1. The third kappa shape index (κ3) is 4.89. The van der Waals surface area contributed by atoms with Gasteiger partial charge in [-0.15, -0.1) is 0 Å². The summed E-state index contributed by atoms with van der Waals surface area (Å²) < 4.78 is 0.912. The van der Waals surface area contributed by atoms with E-state index >= 15 is 0 Å². The first kappa shape index (κ1) is 18.1. The second kappa shape index (κ2) is 8.06. The summed E-state index contributed by atoms with van der Waals surface area (Å²) in [5, 5.41) is 5.57. The number of amides is 2. The van der Waals surface area contributed by atoms with Crippen molar-refractivity contribution in [2.75, 3.05) is 11.9 Å². The fourth-order valence-corrected chi connectivity index (χ4v) is 2.32. The molecule has 1 aromatic carbocycles. The molecule has 0 radical (unpaired) electrons. The maximum absolute atomic E-state index is 12.3. The lowest BCUT2D eigenvalue weighted by Gasteiger charge is -2.09. The van der Waals surface area contributed by atoms with Crippen LogP contribution in [0.4, 0.5) is 5.69 Å². The van der Waals surface area contributed by atoms with E-state index in [1.807, 2.05) is 39.0 Å². The number of rotatable bonds is 5. The quantitative estimate of drug-likeness (QED) is 0.816. The lowest BCUT2D eigenvalue weighted by Crippen LogP contribution is -2.28. The summed E-state index contributed by atoms with van der Waals surface area (Å²) >= 11 is 3.43. The van der Waals surface area contributed by atoms with Gasteiger partial charge in [0.25, 0.3) is 11.8 Å². The highest BCUT2D eigenvalue weighted by molar-refractivity contribution is 9.10. The zero-order valence-electron chi connectivity index (χ0n) is 13.9. The molecule has 6 heteroatoms. The molecule has 24 heavy (non-hydrogen) atoms. The Morgan fingerprint density at radius 2 is 1.79 bits per heavy atom. The lowest BCUT2D eigenvalue weighted by molar-refractivity contribution is 0.0944. The summed E-state index contributed by atoms with van der Waals surface area (Å²) in [6, 6.07) is 10.4. The van der Waals surface area contributed by atoms with E-state index in [2.05, 4.69) is 31.5 Å². The second-order valence-corrected chi connectivity index (χ2v) is 6.78. The van der Waals surface area contributed by atoms with Gasteiger partial charge in [0.2, 0.25) is 0 Å². The Morgan fingerprint density at radius 3 is 2.42 bits per heavy atom. The minimum Gasteiger partial charge on any atom is -0.350 e. The number of halogens is 1. The van der Waals surface area contributed by atoms with Crippen molar-refractivity contribution in [1.29, 1.82) is 0 Å². The van der Waals surface area contributed by atoms with Gasteiger partial charge in [-0.05, 0) is 42.7 Å². The van der Waals surface area contributed by atoms with Gasteiger partial charge in [-0.2, -0.15) is 0 Å². The van der Waals surface area contributed by atoms with Crippen LogP contribution in [0.1, 0.15) is 40.4 Å². The van der Waals surface area contributed by atoms with Crippen molar-refractivity contribution < 1.29 is 9.59 Å². The van der Waals surface area contributed by atoms with Gasteiger partial charge in [-0.1, -0.05) is 41.9 Å². The number of aryl methyl sites for hydroxylation is 1. The molecule has 0 unspecified atom stereocenters. The van der Waals surface area contributed by atoms with Gasteiger partial charge in [0, 0.05) is 16.7 Å². The van der Waals surface area contributed by atoms with E-state index in [1.54, 1.807) is 18.2 Å². The maximum atomic E-state index is 12.3. The number of nitrogens with one attached hydrogen (secondary N) is 2. The van der Waals surface area contributed by atoms with Crippen molar-refractivity contribution in [3.8, 4) is 0 Å². The largest absolute Gasteiger partial charge is 0.350 e. The number of hydrogen-bond acceptors (Lipinski definition) is 3. The van der Waals surface area contributed by atoms with E-state index in [1.165, 1.54) is 0 Å². The van der Waals surface area contributed by atoms with Crippen LogP contribution in [0.5, 0.6) is 0 Å². The van der Waals surface area contributed by atoms with Crippen molar-refractivity contribution in [3.63, 3.8) is 0 Å². The van der Waals surface area contributed by atoms with Gasteiger partial charge in [0.1, 0.15) is 11.4 Å². The molecule has 1 heterocycles. The normalized spacial score (nSPS) is 10.5. The SMILES string of the molecule is Cc1ccc(NC(=O)c2cccc(C(=O)NCC(C)C)n2)cc1Br. The summed E-state index contributed by atoms with van der Waals surface area (Å²) in [6.45, 7) is 6.55. The third-order valence-corrected chi connectivity index (χ3v) is 4.17. The van der Waals surface area contributed by atoms with Crippen molar-refractivity contribution in [3.05, 3.63) is 57.8 Å². The molecule has 1 aromatic heterocycles. The molecule has 5 nitrogen and oxygen atoms in total. The summed E-state index contributed by atoms with van der Waals surface area (Å²) in [4.78, 5) is 28.5. The van der Waals surface area contributed by atoms with Crippen LogP contribution in [-0.4, -0.2) is 23.3 Å². The third-order valence-electron chi connectivity index (χ3n) is 3.31. The van der Waals surface area contributed by atoms with Gasteiger partial charge < -0.3 is 10.6 Å². The molecule has 0 saturated carbocycles. The summed E-state index contributed by atoms with van der Waals surface area (Å²) in [5.41, 5.74) is 2.17. The number of aromatic nitrogens is 1. The molecule has 2 amide bonds. The number of carbonyl (C=O) groups excluding carboxylic acids is 2. The van der Waals surface area contributed by atoms with Crippen molar-refractivity contribution in [2.45, 2.75) is 20.8 Å². The zero-order chi connectivity index (χ0) is 17.7. The molecule has 0 aliphatic carbocycles. The topological polar surface area (TPSA) is 71.1 Å². The van der Waals surface area contributed by atoms with Gasteiger partial charge in [0.15, 0.2) is 0 Å². The highest BCUT2D eigenvalue weighted by Crippen LogP contribution is 2.21. The van der Waals surface area contributed by atoms with Gasteiger partial charge >= 0.3 is 0 Å². The molecule has 0 fully saturated rings. The fraction of sp³-hybridized carbons (Fsp3) is 0.278. The summed E-state index contributed by atoms with van der Waals surface area (Å²) in [5.74, 6) is -0.291. The van der Waals surface area contributed by atoms with E-state index in [0.717, 1.165) is 10.0 Å². The minimum absolute atomic E-state index is 0.198. The number of carbonyl (C=O) groups is 2. The number of anilines is 1. The molecule has 0 spiro atoms. The minimum atomic E-state index is -0.357. The van der Waals surface area contributed by atoms with Crippen LogP contribution in [0.3, 0.4) is 0 Å². The number of pyridine rings is 1. The standard InChI is InChI=1S/C18H20BrN3O2/c1-11(2)10-20-17(23)15-5-4-6-16(22-15)18(24)21-13-8-7-12(3)14(19)9-13/h4-9,11H,10H2,1-3H3,(H,20,23)(H,21,24). The van der Waals surface area contributed by atoms with Gasteiger partial charge in [0.05, 0.1) is 0 Å². The first-order valence-electron chi connectivity index (χ1n) is 7.69.